The molecule has 0 spiro atoms. The standard InChI is InChI=1S/C7H14N2O2/c1-4-6(3)8-9-7(10)11-5-2/h4-5H2,1-3H3,(H,9,10). The van der Waals surface area contributed by atoms with Crippen LogP contribution in [0.5, 0.6) is 0 Å². The smallest absolute Gasteiger partial charge is 0.427 e. The molecule has 0 aliphatic carbocycles. The third-order valence-electron chi connectivity index (χ3n) is 1.13. The number of amides is 1. The van der Waals surface area contributed by atoms with E-state index in [1.165, 1.54) is 0 Å². The average molecular weight is 158 g/mol. The van der Waals surface area contributed by atoms with E-state index in [4.69, 9.17) is 0 Å². The number of rotatable bonds is 3. The van der Waals surface area contributed by atoms with Gasteiger partial charge >= 0.3 is 6.09 Å². The van der Waals surface area contributed by atoms with Gasteiger partial charge in [0.1, 0.15) is 0 Å². The molecule has 0 aromatic carbocycles. The molecule has 64 valence electrons. The fourth-order valence-electron chi connectivity index (χ4n) is 0.383. The van der Waals surface area contributed by atoms with Crippen LogP contribution in [0.3, 0.4) is 0 Å². The zero-order chi connectivity index (χ0) is 8.69. The van der Waals surface area contributed by atoms with Crippen LogP contribution in [0.25, 0.3) is 0 Å². The summed E-state index contributed by atoms with van der Waals surface area (Å²) in [5.74, 6) is 0. The predicted octanol–water partition coefficient (Wildman–Crippen LogP) is 1.52. The van der Waals surface area contributed by atoms with Gasteiger partial charge in [-0.2, -0.15) is 5.10 Å². The lowest BCUT2D eigenvalue weighted by atomic mass is 10.3. The maximum atomic E-state index is 10.6. The molecule has 11 heavy (non-hydrogen) atoms. The minimum absolute atomic E-state index is 0.368. The first-order valence-electron chi connectivity index (χ1n) is 3.66. The fraction of sp³-hybridized carbons (Fsp3) is 0.714. The van der Waals surface area contributed by atoms with E-state index in [1.807, 2.05) is 13.8 Å². The monoisotopic (exact) mass is 158 g/mol. The summed E-state index contributed by atoms with van der Waals surface area (Å²) in [7, 11) is 0. The summed E-state index contributed by atoms with van der Waals surface area (Å²) in [5.41, 5.74) is 3.13. The number of hydrogen-bond acceptors (Lipinski definition) is 3. The Morgan fingerprint density at radius 3 is 2.64 bits per heavy atom. The van der Waals surface area contributed by atoms with Gasteiger partial charge in [-0.05, 0) is 20.3 Å². The Morgan fingerprint density at radius 2 is 2.18 bits per heavy atom. The number of ether oxygens (including phenoxy) is 1. The summed E-state index contributed by atoms with van der Waals surface area (Å²) in [5, 5.41) is 3.75. The highest BCUT2D eigenvalue weighted by molar-refractivity contribution is 5.82. The van der Waals surface area contributed by atoms with Crippen molar-refractivity contribution in [3.8, 4) is 0 Å². The number of carbonyl (C=O) groups excluding carboxylic acids is 1. The van der Waals surface area contributed by atoms with Crippen molar-refractivity contribution in [1.82, 2.24) is 5.43 Å². The fourth-order valence-corrected chi connectivity index (χ4v) is 0.383. The van der Waals surface area contributed by atoms with Gasteiger partial charge in [0, 0.05) is 5.71 Å². The Labute approximate surface area is 66.6 Å². The van der Waals surface area contributed by atoms with Crippen LogP contribution in [0.2, 0.25) is 0 Å². The molecule has 0 aliphatic rings. The number of nitrogens with zero attached hydrogens (tertiary/aromatic N) is 1. The summed E-state index contributed by atoms with van der Waals surface area (Å²) in [6.45, 7) is 5.92. The Kier molecular flexibility index (Phi) is 5.15. The molecule has 0 saturated carbocycles. The molecule has 0 heterocycles. The van der Waals surface area contributed by atoms with Gasteiger partial charge in [0.15, 0.2) is 0 Å². The first kappa shape index (κ1) is 9.94. The SMILES string of the molecule is CCOC(=O)NN=C(C)CC. The number of nitrogens with one attached hydrogen (secondary N) is 1. The predicted molar refractivity (Wildman–Crippen MR) is 43.6 cm³/mol. The highest BCUT2D eigenvalue weighted by atomic mass is 16.5. The van der Waals surface area contributed by atoms with E-state index >= 15 is 0 Å². The molecule has 0 unspecified atom stereocenters. The van der Waals surface area contributed by atoms with Crippen molar-refractivity contribution in [2.24, 2.45) is 5.10 Å². The van der Waals surface area contributed by atoms with Crippen molar-refractivity contribution in [3.05, 3.63) is 0 Å². The van der Waals surface area contributed by atoms with Gasteiger partial charge in [-0.3, -0.25) is 0 Å². The van der Waals surface area contributed by atoms with E-state index in [-0.39, 0.29) is 0 Å². The first-order chi connectivity index (χ1) is 5.20. The zero-order valence-corrected chi connectivity index (χ0v) is 7.18. The van der Waals surface area contributed by atoms with Crippen LogP contribution in [0.4, 0.5) is 4.79 Å². The number of hydrazone groups is 1. The van der Waals surface area contributed by atoms with Crippen LogP contribution < -0.4 is 5.43 Å². The summed E-state index contributed by atoms with van der Waals surface area (Å²) >= 11 is 0. The molecular weight excluding hydrogens is 144 g/mol. The van der Waals surface area contributed by atoms with Crippen molar-refractivity contribution in [2.45, 2.75) is 27.2 Å². The van der Waals surface area contributed by atoms with Crippen LogP contribution in [-0.2, 0) is 4.74 Å². The molecule has 0 radical (unpaired) electrons. The van der Waals surface area contributed by atoms with Gasteiger partial charge in [-0.15, -0.1) is 0 Å². The summed E-state index contributed by atoms with van der Waals surface area (Å²) in [6, 6.07) is 0. The van der Waals surface area contributed by atoms with Crippen LogP contribution in [0, 0.1) is 0 Å². The van der Waals surface area contributed by atoms with Crippen LogP contribution in [-0.4, -0.2) is 18.4 Å². The lowest BCUT2D eigenvalue weighted by Gasteiger charge is -1.99. The van der Waals surface area contributed by atoms with Gasteiger partial charge < -0.3 is 4.74 Å². The molecule has 0 bridgehead atoms. The minimum Gasteiger partial charge on any atom is -0.449 e. The van der Waals surface area contributed by atoms with E-state index < -0.39 is 6.09 Å². The molecule has 1 N–H and O–H groups in total. The van der Waals surface area contributed by atoms with Gasteiger partial charge in [-0.25, -0.2) is 10.2 Å². The molecule has 0 aromatic rings. The Balaban J connectivity index is 3.60. The van der Waals surface area contributed by atoms with Crippen molar-refractivity contribution in [3.63, 3.8) is 0 Å². The minimum atomic E-state index is -0.500. The van der Waals surface area contributed by atoms with E-state index in [1.54, 1.807) is 6.92 Å². The van der Waals surface area contributed by atoms with Crippen LogP contribution in [0.15, 0.2) is 5.10 Å². The number of carbonyl (C=O) groups is 1. The van der Waals surface area contributed by atoms with Crippen molar-refractivity contribution >= 4 is 11.8 Å². The first-order valence-corrected chi connectivity index (χ1v) is 3.66. The second-order valence-corrected chi connectivity index (χ2v) is 2.03. The van der Waals surface area contributed by atoms with Gasteiger partial charge in [0.2, 0.25) is 0 Å². The average Bonchev–Trinajstić information content (AvgIpc) is 2.01. The van der Waals surface area contributed by atoms with Crippen LogP contribution >= 0.6 is 0 Å². The molecule has 0 aromatic heterocycles. The van der Waals surface area contributed by atoms with E-state index in [9.17, 15) is 4.79 Å². The summed E-state index contributed by atoms with van der Waals surface area (Å²) < 4.78 is 4.58. The molecule has 0 saturated heterocycles. The van der Waals surface area contributed by atoms with Gasteiger partial charge in [-0.1, -0.05) is 6.92 Å². The summed E-state index contributed by atoms with van der Waals surface area (Å²) in [6.07, 6.45) is 0.326. The molecule has 0 aliphatic heterocycles. The Morgan fingerprint density at radius 1 is 1.55 bits per heavy atom. The van der Waals surface area contributed by atoms with Crippen molar-refractivity contribution in [2.75, 3.05) is 6.61 Å². The zero-order valence-electron chi connectivity index (χ0n) is 7.18. The molecule has 0 rings (SSSR count). The lowest BCUT2D eigenvalue weighted by Crippen LogP contribution is -2.19. The molecule has 1 amide bonds. The Bertz CT molecular complexity index is 155. The maximum absolute atomic E-state index is 10.6. The van der Waals surface area contributed by atoms with E-state index in [0.29, 0.717) is 6.61 Å². The third-order valence-corrected chi connectivity index (χ3v) is 1.13. The number of hydrogen-bond donors (Lipinski definition) is 1. The van der Waals surface area contributed by atoms with Crippen LogP contribution in [0.1, 0.15) is 27.2 Å². The normalized spacial score (nSPS) is 11.0. The highest BCUT2D eigenvalue weighted by Gasteiger charge is 1.95. The topological polar surface area (TPSA) is 50.7 Å². The third kappa shape index (κ3) is 5.39. The van der Waals surface area contributed by atoms with Gasteiger partial charge in [0.05, 0.1) is 6.61 Å². The van der Waals surface area contributed by atoms with E-state index in [2.05, 4.69) is 15.3 Å². The van der Waals surface area contributed by atoms with E-state index in [0.717, 1.165) is 12.1 Å². The quantitative estimate of drug-likeness (QED) is 0.500. The second kappa shape index (κ2) is 5.70. The highest BCUT2D eigenvalue weighted by Crippen LogP contribution is 1.82. The molecule has 0 fully saturated rings. The molecular formula is C7H14N2O2. The lowest BCUT2D eigenvalue weighted by molar-refractivity contribution is 0.152. The van der Waals surface area contributed by atoms with Crippen molar-refractivity contribution in [1.29, 1.82) is 0 Å². The largest absolute Gasteiger partial charge is 0.449 e. The molecule has 4 nitrogen and oxygen atoms in total. The molecule has 0 atom stereocenters. The molecule has 4 heteroatoms. The van der Waals surface area contributed by atoms with Crippen molar-refractivity contribution < 1.29 is 9.53 Å². The Hall–Kier alpha value is -1.06. The summed E-state index contributed by atoms with van der Waals surface area (Å²) in [4.78, 5) is 10.6. The maximum Gasteiger partial charge on any atom is 0.427 e. The van der Waals surface area contributed by atoms with Gasteiger partial charge in [0.25, 0.3) is 0 Å². The second-order valence-electron chi connectivity index (χ2n) is 2.03.